The Morgan fingerprint density at radius 3 is 2.96 bits per heavy atom. The molecular formula is C19H15N3OS. The highest BCUT2D eigenvalue weighted by Gasteiger charge is 2.24. The first-order valence-corrected chi connectivity index (χ1v) is 8.82. The van der Waals surface area contributed by atoms with E-state index in [1.807, 2.05) is 30.3 Å². The molecule has 0 bridgehead atoms. The molecule has 2 aromatic heterocycles. The van der Waals surface area contributed by atoms with Crippen molar-refractivity contribution in [2.24, 2.45) is 0 Å². The summed E-state index contributed by atoms with van der Waals surface area (Å²) in [7, 11) is 0. The van der Waals surface area contributed by atoms with Gasteiger partial charge in [-0.3, -0.25) is 9.89 Å². The van der Waals surface area contributed by atoms with Crippen molar-refractivity contribution >= 4 is 21.6 Å². The number of H-pyrrole nitrogens is 1. The van der Waals surface area contributed by atoms with Gasteiger partial charge >= 0.3 is 0 Å². The van der Waals surface area contributed by atoms with Gasteiger partial charge in [0.15, 0.2) is 0 Å². The summed E-state index contributed by atoms with van der Waals surface area (Å²) in [6.45, 7) is 2.06. The molecular weight excluding hydrogens is 318 g/mol. The van der Waals surface area contributed by atoms with Crippen LogP contribution in [-0.4, -0.2) is 14.8 Å². The van der Waals surface area contributed by atoms with E-state index in [9.17, 15) is 4.79 Å². The maximum Gasteiger partial charge on any atom is 0.281 e. The molecule has 0 saturated carbocycles. The van der Waals surface area contributed by atoms with Crippen molar-refractivity contribution in [2.75, 3.05) is 0 Å². The monoisotopic (exact) mass is 333 g/mol. The van der Waals surface area contributed by atoms with Gasteiger partial charge < -0.3 is 0 Å². The number of nitrogens with zero attached hydrogens (tertiary/aromatic N) is 2. The third kappa shape index (κ3) is 1.91. The highest BCUT2D eigenvalue weighted by molar-refractivity contribution is 7.20. The summed E-state index contributed by atoms with van der Waals surface area (Å²) >= 11 is 1.54. The molecule has 2 aromatic carbocycles. The minimum Gasteiger partial charge on any atom is -0.292 e. The summed E-state index contributed by atoms with van der Waals surface area (Å²) in [4.78, 5) is 17.7. The maximum absolute atomic E-state index is 13.0. The van der Waals surface area contributed by atoms with Gasteiger partial charge in [0, 0.05) is 5.69 Å². The first-order chi connectivity index (χ1) is 11.7. The number of hydrogen-bond acceptors (Lipinski definition) is 3. The normalized spacial score (nSPS) is 13.0. The average Bonchev–Trinajstić information content (AvgIpc) is 3.15. The third-order valence-electron chi connectivity index (χ3n) is 4.62. The smallest absolute Gasteiger partial charge is 0.281 e. The van der Waals surface area contributed by atoms with Crippen LogP contribution < -0.4 is 5.56 Å². The van der Waals surface area contributed by atoms with E-state index >= 15 is 0 Å². The summed E-state index contributed by atoms with van der Waals surface area (Å²) in [6.07, 6.45) is 1.82. The van der Waals surface area contributed by atoms with Gasteiger partial charge in [0.1, 0.15) is 0 Å². The van der Waals surface area contributed by atoms with Gasteiger partial charge in [0.05, 0.1) is 15.8 Å². The van der Waals surface area contributed by atoms with E-state index in [1.165, 1.54) is 11.1 Å². The zero-order valence-electron chi connectivity index (χ0n) is 13.2. The van der Waals surface area contributed by atoms with Crippen LogP contribution in [0.1, 0.15) is 16.8 Å². The van der Waals surface area contributed by atoms with E-state index in [0.717, 1.165) is 39.9 Å². The number of benzene rings is 2. The molecule has 1 aliphatic rings. The highest BCUT2D eigenvalue weighted by atomic mass is 32.1. The lowest BCUT2D eigenvalue weighted by Gasteiger charge is -2.13. The molecule has 0 radical (unpaired) electrons. The van der Waals surface area contributed by atoms with Crippen LogP contribution in [0.25, 0.3) is 26.5 Å². The summed E-state index contributed by atoms with van der Waals surface area (Å²) in [6, 6.07) is 14.3. The van der Waals surface area contributed by atoms with Crippen LogP contribution in [0, 0.1) is 6.92 Å². The van der Waals surface area contributed by atoms with Crippen molar-refractivity contribution in [3.05, 3.63) is 69.6 Å². The Morgan fingerprint density at radius 1 is 1.17 bits per heavy atom. The van der Waals surface area contributed by atoms with Gasteiger partial charge in [-0.25, -0.2) is 4.98 Å². The van der Waals surface area contributed by atoms with E-state index in [1.54, 1.807) is 16.0 Å². The molecule has 24 heavy (non-hydrogen) atoms. The van der Waals surface area contributed by atoms with Crippen LogP contribution in [0.4, 0.5) is 0 Å². The molecule has 0 saturated heterocycles. The molecule has 5 heteroatoms. The standard InChI is InChI=1S/C19H15N3OS/c1-11-6-8-14-16(10-11)24-19(20-14)22-18(23)17-13-5-3-2-4-12(13)7-9-15(17)21-22/h2-6,8,10,21H,7,9H2,1H3. The van der Waals surface area contributed by atoms with Gasteiger partial charge in [-0.2, -0.15) is 4.68 Å². The first kappa shape index (κ1) is 13.7. The number of fused-ring (bicyclic) bond motifs is 4. The molecule has 118 valence electrons. The first-order valence-electron chi connectivity index (χ1n) is 8.00. The minimum atomic E-state index is -0.00655. The van der Waals surface area contributed by atoms with Crippen LogP contribution in [-0.2, 0) is 12.8 Å². The summed E-state index contributed by atoms with van der Waals surface area (Å²) in [5.74, 6) is 0. The fourth-order valence-electron chi connectivity index (χ4n) is 3.43. The quantitative estimate of drug-likeness (QED) is 0.575. The van der Waals surface area contributed by atoms with Gasteiger partial charge in [0.2, 0.25) is 5.13 Å². The van der Waals surface area contributed by atoms with Gasteiger partial charge in [-0.1, -0.05) is 41.7 Å². The number of nitrogens with one attached hydrogen (secondary N) is 1. The minimum absolute atomic E-state index is 0.00655. The number of hydrogen-bond donors (Lipinski definition) is 1. The number of aromatic amines is 1. The fourth-order valence-corrected chi connectivity index (χ4v) is 4.46. The second-order valence-electron chi connectivity index (χ2n) is 6.23. The predicted molar refractivity (Wildman–Crippen MR) is 97.1 cm³/mol. The molecule has 0 aliphatic heterocycles. The van der Waals surface area contributed by atoms with Gasteiger partial charge in [0.25, 0.3) is 5.56 Å². The Balaban J connectivity index is 1.73. The lowest BCUT2D eigenvalue weighted by atomic mass is 9.90. The van der Waals surface area contributed by atoms with Crippen molar-refractivity contribution in [1.82, 2.24) is 14.8 Å². The lowest BCUT2D eigenvalue weighted by molar-refractivity contribution is 0.797. The Labute approximate surface area is 142 Å². The molecule has 4 aromatic rings. The highest BCUT2D eigenvalue weighted by Crippen LogP contribution is 2.31. The van der Waals surface area contributed by atoms with Crippen LogP contribution in [0.3, 0.4) is 0 Å². The van der Waals surface area contributed by atoms with E-state index < -0.39 is 0 Å². The molecule has 0 atom stereocenters. The molecule has 1 aliphatic carbocycles. The Hall–Kier alpha value is -2.66. The molecule has 5 rings (SSSR count). The molecule has 0 spiro atoms. The van der Waals surface area contributed by atoms with Crippen molar-refractivity contribution in [1.29, 1.82) is 0 Å². The zero-order valence-corrected chi connectivity index (χ0v) is 14.0. The van der Waals surface area contributed by atoms with Crippen molar-refractivity contribution in [3.8, 4) is 16.3 Å². The largest absolute Gasteiger partial charge is 0.292 e. The number of thiazole rings is 1. The second-order valence-corrected chi connectivity index (χ2v) is 7.24. The number of rotatable bonds is 1. The third-order valence-corrected chi connectivity index (χ3v) is 5.62. The molecule has 0 amide bonds. The van der Waals surface area contributed by atoms with Crippen LogP contribution >= 0.6 is 11.3 Å². The molecule has 2 heterocycles. The average molecular weight is 333 g/mol. The zero-order chi connectivity index (χ0) is 16.3. The second kappa shape index (κ2) is 4.92. The number of aryl methyl sites for hydroxylation is 3. The van der Waals surface area contributed by atoms with E-state index in [2.05, 4.69) is 29.1 Å². The van der Waals surface area contributed by atoms with Crippen molar-refractivity contribution in [2.45, 2.75) is 19.8 Å². The topological polar surface area (TPSA) is 50.7 Å². The Kier molecular flexibility index (Phi) is 2.82. The van der Waals surface area contributed by atoms with E-state index in [-0.39, 0.29) is 5.56 Å². The molecule has 0 fully saturated rings. The predicted octanol–water partition coefficient (Wildman–Crippen LogP) is 3.85. The molecule has 0 unspecified atom stereocenters. The van der Waals surface area contributed by atoms with Gasteiger partial charge in [-0.05, 0) is 48.6 Å². The Morgan fingerprint density at radius 2 is 2.04 bits per heavy atom. The maximum atomic E-state index is 13.0. The number of aromatic nitrogens is 3. The summed E-state index contributed by atoms with van der Waals surface area (Å²) in [5, 5.41) is 3.99. The fraction of sp³-hybridized carbons (Fsp3) is 0.158. The van der Waals surface area contributed by atoms with E-state index in [0.29, 0.717) is 5.13 Å². The summed E-state index contributed by atoms with van der Waals surface area (Å²) < 4.78 is 2.71. The van der Waals surface area contributed by atoms with Crippen LogP contribution in [0.5, 0.6) is 0 Å². The van der Waals surface area contributed by atoms with Crippen molar-refractivity contribution in [3.63, 3.8) is 0 Å². The van der Waals surface area contributed by atoms with Crippen molar-refractivity contribution < 1.29 is 0 Å². The van der Waals surface area contributed by atoms with Crippen LogP contribution in [0.2, 0.25) is 0 Å². The van der Waals surface area contributed by atoms with E-state index in [4.69, 9.17) is 0 Å². The molecule has 4 nitrogen and oxygen atoms in total. The SMILES string of the molecule is Cc1ccc2nc(-n3[nH]c4c(c3=O)-c3ccccc3CC4)sc2c1. The molecule has 1 N–H and O–H groups in total. The van der Waals surface area contributed by atoms with Gasteiger partial charge in [-0.15, -0.1) is 0 Å². The van der Waals surface area contributed by atoms with Crippen LogP contribution in [0.15, 0.2) is 47.3 Å². The Bertz CT molecular complexity index is 1150. The summed E-state index contributed by atoms with van der Waals surface area (Å²) in [5.41, 5.74) is 6.23. The lowest BCUT2D eigenvalue weighted by Crippen LogP contribution is -2.16.